The molecule has 2 fully saturated rings. The van der Waals surface area contributed by atoms with Gasteiger partial charge in [-0.25, -0.2) is 9.78 Å². The van der Waals surface area contributed by atoms with E-state index in [0.717, 1.165) is 83.1 Å². The predicted molar refractivity (Wildman–Crippen MR) is 149 cm³/mol. The summed E-state index contributed by atoms with van der Waals surface area (Å²) in [5.41, 5.74) is 5.85. The van der Waals surface area contributed by atoms with Crippen molar-refractivity contribution >= 4 is 32.7 Å². The molecule has 0 radical (unpaired) electrons. The van der Waals surface area contributed by atoms with Crippen LogP contribution in [0.15, 0.2) is 47.0 Å². The number of carbonyl (C=O) groups excluding carboxylic acids is 1. The molecular formula is C30H33N3O4S. The van der Waals surface area contributed by atoms with E-state index >= 15 is 0 Å². The van der Waals surface area contributed by atoms with Crippen molar-refractivity contribution in [2.45, 2.75) is 64.6 Å². The number of aromatic nitrogens is 2. The molecule has 0 bridgehead atoms. The second-order valence-electron chi connectivity index (χ2n) is 10.2. The van der Waals surface area contributed by atoms with Crippen molar-refractivity contribution in [3.63, 3.8) is 0 Å². The van der Waals surface area contributed by atoms with Crippen molar-refractivity contribution in [2.24, 2.45) is 0 Å². The van der Waals surface area contributed by atoms with Crippen LogP contribution >= 0.6 is 11.3 Å². The Morgan fingerprint density at radius 2 is 2.00 bits per heavy atom. The summed E-state index contributed by atoms with van der Waals surface area (Å²) in [4.78, 5) is 19.3. The number of thiazole rings is 1. The third-order valence-electron chi connectivity index (χ3n) is 7.46. The minimum atomic E-state index is -0.289. The highest BCUT2D eigenvalue weighted by atomic mass is 32.1. The Bertz CT molecular complexity index is 1440. The Morgan fingerprint density at radius 1 is 1.13 bits per heavy atom. The molecular weight excluding hydrogens is 498 g/mol. The number of ether oxygens (including phenoxy) is 2. The molecule has 1 aliphatic carbocycles. The van der Waals surface area contributed by atoms with E-state index in [1.807, 2.05) is 19.1 Å². The number of carbonyl (C=O) groups is 1. The van der Waals surface area contributed by atoms with E-state index in [-0.39, 0.29) is 12.1 Å². The van der Waals surface area contributed by atoms with Gasteiger partial charge in [-0.15, -0.1) is 0 Å². The highest BCUT2D eigenvalue weighted by Crippen LogP contribution is 2.44. The van der Waals surface area contributed by atoms with Crippen molar-refractivity contribution in [3.05, 3.63) is 64.9 Å². The minimum Gasteiger partial charge on any atom is -0.462 e. The Hall–Kier alpha value is -3.23. The van der Waals surface area contributed by atoms with Crippen molar-refractivity contribution in [1.82, 2.24) is 10.1 Å². The molecule has 0 spiro atoms. The third kappa shape index (κ3) is 5.20. The molecule has 2 aromatic carbocycles. The number of fused-ring (bicyclic) bond motifs is 1. The highest BCUT2D eigenvalue weighted by molar-refractivity contribution is 7.22. The molecule has 3 heterocycles. The van der Waals surface area contributed by atoms with E-state index in [4.69, 9.17) is 19.0 Å². The van der Waals surface area contributed by atoms with Crippen LogP contribution < -0.4 is 4.90 Å². The average Bonchev–Trinajstić information content (AvgIpc) is 3.61. The number of nitrogens with zero attached hydrogens (tertiary/aromatic N) is 3. The Labute approximate surface area is 226 Å². The first-order valence-electron chi connectivity index (χ1n) is 13.6. The standard InChI is InChI=1S/C30H33N3O4S/c1-3-35-29(34)21-12-13-25-26(17-21)38-30(31-25)33-15-6-8-22(14-16-33)36-18-24-27(23-9-5-4-7-19(23)2)32-37-28(24)20-10-11-20/h4-5,7,9,12-13,17,20,22H,3,6,8,10-11,14-16,18H2,1-2H3. The van der Waals surface area contributed by atoms with Gasteiger partial charge in [0.15, 0.2) is 5.13 Å². The normalized spacial score (nSPS) is 18.1. The van der Waals surface area contributed by atoms with Gasteiger partial charge < -0.3 is 18.9 Å². The first-order valence-corrected chi connectivity index (χ1v) is 14.4. The van der Waals surface area contributed by atoms with Crippen LogP contribution in [-0.4, -0.2) is 41.9 Å². The van der Waals surface area contributed by atoms with E-state index in [1.165, 1.54) is 5.56 Å². The number of hydrogen-bond acceptors (Lipinski definition) is 8. The van der Waals surface area contributed by atoms with E-state index in [9.17, 15) is 4.79 Å². The van der Waals surface area contributed by atoms with Gasteiger partial charge in [0, 0.05) is 30.1 Å². The average molecular weight is 532 g/mol. The molecule has 1 unspecified atom stereocenters. The van der Waals surface area contributed by atoms with Gasteiger partial charge in [-0.1, -0.05) is 40.8 Å². The highest BCUT2D eigenvalue weighted by Gasteiger charge is 2.33. The lowest BCUT2D eigenvalue weighted by molar-refractivity contribution is 0.0328. The molecule has 198 valence electrons. The van der Waals surface area contributed by atoms with Crippen LogP contribution in [0.5, 0.6) is 0 Å². The van der Waals surface area contributed by atoms with Gasteiger partial charge in [0.25, 0.3) is 0 Å². The van der Waals surface area contributed by atoms with Crippen LogP contribution in [0.3, 0.4) is 0 Å². The van der Waals surface area contributed by atoms with Crippen LogP contribution in [0.1, 0.15) is 72.2 Å². The largest absolute Gasteiger partial charge is 0.462 e. The summed E-state index contributed by atoms with van der Waals surface area (Å²) in [6, 6.07) is 13.9. The molecule has 38 heavy (non-hydrogen) atoms. The first-order chi connectivity index (χ1) is 18.6. The molecule has 6 rings (SSSR count). The SMILES string of the molecule is CCOC(=O)c1ccc2nc(N3CCCC(OCc4c(-c5ccccc5C)noc4C4CC4)CC3)sc2c1. The van der Waals surface area contributed by atoms with Gasteiger partial charge in [-0.05, 0) is 69.7 Å². The van der Waals surface area contributed by atoms with E-state index in [0.29, 0.717) is 24.7 Å². The van der Waals surface area contributed by atoms with Crippen molar-refractivity contribution in [3.8, 4) is 11.3 Å². The number of anilines is 1. The number of rotatable bonds is 8. The summed E-state index contributed by atoms with van der Waals surface area (Å²) < 4.78 is 18.6. The molecule has 1 aliphatic heterocycles. The van der Waals surface area contributed by atoms with Crippen molar-refractivity contribution in [2.75, 3.05) is 24.6 Å². The van der Waals surface area contributed by atoms with Crippen LogP contribution in [-0.2, 0) is 16.1 Å². The van der Waals surface area contributed by atoms with Crippen LogP contribution in [0.2, 0.25) is 0 Å². The van der Waals surface area contributed by atoms with Crippen molar-refractivity contribution in [1.29, 1.82) is 0 Å². The summed E-state index contributed by atoms with van der Waals surface area (Å²) in [5, 5.41) is 5.49. The van der Waals surface area contributed by atoms with Gasteiger partial charge in [0.05, 0.1) is 35.1 Å². The molecule has 2 aromatic heterocycles. The van der Waals surface area contributed by atoms with E-state index in [1.54, 1.807) is 17.4 Å². The number of benzene rings is 2. The summed E-state index contributed by atoms with van der Waals surface area (Å²) in [5.74, 6) is 1.20. The molecule has 2 aliphatic rings. The summed E-state index contributed by atoms with van der Waals surface area (Å²) in [6.07, 6.45) is 5.50. The molecule has 0 amide bonds. The number of aryl methyl sites for hydroxylation is 1. The van der Waals surface area contributed by atoms with Crippen molar-refractivity contribution < 1.29 is 18.8 Å². The summed E-state index contributed by atoms with van der Waals surface area (Å²) in [7, 11) is 0. The zero-order valence-corrected chi connectivity index (χ0v) is 22.8. The fraction of sp³-hybridized carbons (Fsp3) is 0.433. The summed E-state index contributed by atoms with van der Waals surface area (Å²) >= 11 is 1.63. The number of esters is 1. The first kappa shape index (κ1) is 25.1. The lowest BCUT2D eigenvalue weighted by atomic mass is 10.0. The lowest BCUT2D eigenvalue weighted by Gasteiger charge is -2.19. The Balaban J connectivity index is 1.13. The van der Waals surface area contributed by atoms with E-state index in [2.05, 4.69) is 41.2 Å². The predicted octanol–water partition coefficient (Wildman–Crippen LogP) is 6.89. The van der Waals surface area contributed by atoms with Crippen LogP contribution in [0.4, 0.5) is 5.13 Å². The fourth-order valence-corrected chi connectivity index (χ4v) is 6.25. The zero-order chi connectivity index (χ0) is 26.1. The van der Waals surface area contributed by atoms with Gasteiger partial charge in [-0.2, -0.15) is 0 Å². The monoisotopic (exact) mass is 531 g/mol. The van der Waals surface area contributed by atoms with Crippen LogP contribution in [0.25, 0.3) is 21.5 Å². The van der Waals surface area contributed by atoms with E-state index < -0.39 is 0 Å². The second-order valence-corrected chi connectivity index (χ2v) is 11.2. The Morgan fingerprint density at radius 3 is 2.82 bits per heavy atom. The molecule has 7 nitrogen and oxygen atoms in total. The molecule has 0 N–H and O–H groups in total. The minimum absolute atomic E-state index is 0.177. The fourth-order valence-electron chi connectivity index (χ4n) is 5.19. The lowest BCUT2D eigenvalue weighted by Crippen LogP contribution is -2.24. The smallest absolute Gasteiger partial charge is 0.338 e. The van der Waals surface area contributed by atoms with Crippen LogP contribution in [0, 0.1) is 6.92 Å². The maximum Gasteiger partial charge on any atom is 0.338 e. The quantitative estimate of drug-likeness (QED) is 0.229. The molecule has 1 saturated heterocycles. The zero-order valence-electron chi connectivity index (χ0n) is 21.9. The maximum atomic E-state index is 12.1. The van der Waals surface area contributed by atoms with Gasteiger partial charge in [0.2, 0.25) is 0 Å². The van der Waals surface area contributed by atoms with Gasteiger partial charge >= 0.3 is 5.97 Å². The molecule has 1 saturated carbocycles. The maximum absolute atomic E-state index is 12.1. The molecule has 1 atom stereocenters. The van der Waals surface area contributed by atoms with Gasteiger partial charge in [0.1, 0.15) is 11.5 Å². The second kappa shape index (κ2) is 10.9. The topological polar surface area (TPSA) is 77.7 Å². The van der Waals surface area contributed by atoms with Gasteiger partial charge in [-0.3, -0.25) is 0 Å². The molecule has 8 heteroatoms. The number of hydrogen-bond donors (Lipinski definition) is 0. The Kier molecular flexibility index (Phi) is 7.17. The third-order valence-corrected chi connectivity index (χ3v) is 8.54. The molecule has 4 aromatic rings. The summed E-state index contributed by atoms with van der Waals surface area (Å²) in [6.45, 7) is 6.66.